The van der Waals surface area contributed by atoms with Gasteiger partial charge in [-0.1, -0.05) is 0 Å². The molecular formula is C28H29F3N6O3S2. The summed E-state index contributed by atoms with van der Waals surface area (Å²) < 4.78 is 68.6. The molecule has 1 amide bonds. The number of nitrogens with zero attached hydrogens (tertiary/aromatic N) is 4. The predicted molar refractivity (Wildman–Crippen MR) is 153 cm³/mol. The minimum Gasteiger partial charge on any atom is -0.369 e. The highest BCUT2D eigenvalue weighted by atomic mass is 32.2. The second-order valence-corrected chi connectivity index (χ2v) is 14.3. The molecule has 2 aliphatic heterocycles. The summed E-state index contributed by atoms with van der Waals surface area (Å²) in [5.74, 6) is -0.408. The fourth-order valence-electron chi connectivity index (χ4n) is 5.64. The van der Waals surface area contributed by atoms with Crippen molar-refractivity contribution in [2.75, 3.05) is 48.7 Å². The lowest BCUT2D eigenvalue weighted by Crippen LogP contribution is -2.43. The Bertz CT molecular complexity index is 1660. The smallest absolute Gasteiger partial charge is 0.369 e. The topological polar surface area (TPSA) is 108 Å². The van der Waals surface area contributed by atoms with Gasteiger partial charge < -0.3 is 20.4 Å². The summed E-state index contributed by atoms with van der Waals surface area (Å²) in [5.41, 5.74) is 1.34. The van der Waals surface area contributed by atoms with E-state index in [1.54, 1.807) is 0 Å². The van der Waals surface area contributed by atoms with Gasteiger partial charge in [0.2, 0.25) is 5.95 Å². The SMILES string of the molecule is O=C1c2sc(-c3nc(Nc4ccc(N5CCNCC5)cc4C4CC4)ncc3C(F)(F)F)cc2S(=O)(=O)CCN1C1CC1. The summed E-state index contributed by atoms with van der Waals surface area (Å²) in [4.78, 5) is 25.1. The van der Waals surface area contributed by atoms with Crippen LogP contribution in [0.1, 0.15) is 52.4 Å². The number of alkyl halides is 3. The lowest BCUT2D eigenvalue weighted by molar-refractivity contribution is -0.137. The Morgan fingerprint density at radius 1 is 1.05 bits per heavy atom. The van der Waals surface area contributed by atoms with E-state index in [0.29, 0.717) is 12.1 Å². The number of piperazine rings is 1. The molecule has 0 spiro atoms. The molecule has 2 N–H and O–H groups in total. The molecule has 0 bridgehead atoms. The number of carbonyl (C=O) groups is 1. The molecule has 3 fully saturated rings. The number of hydrogen-bond acceptors (Lipinski definition) is 9. The number of sulfone groups is 1. The number of benzene rings is 1. The van der Waals surface area contributed by atoms with Crippen LogP contribution < -0.4 is 15.5 Å². The van der Waals surface area contributed by atoms with E-state index >= 15 is 0 Å². The molecule has 0 unspecified atom stereocenters. The van der Waals surface area contributed by atoms with Gasteiger partial charge >= 0.3 is 6.18 Å². The van der Waals surface area contributed by atoms with Crippen molar-refractivity contribution in [2.45, 2.75) is 48.7 Å². The van der Waals surface area contributed by atoms with Crippen LogP contribution in [0.2, 0.25) is 0 Å². The fourth-order valence-corrected chi connectivity index (χ4v) is 8.56. The van der Waals surface area contributed by atoms with Crippen LogP contribution in [0.4, 0.5) is 30.5 Å². The zero-order valence-corrected chi connectivity index (χ0v) is 24.2. The Morgan fingerprint density at radius 3 is 2.50 bits per heavy atom. The predicted octanol–water partition coefficient (Wildman–Crippen LogP) is 4.65. The van der Waals surface area contributed by atoms with Crippen LogP contribution in [-0.4, -0.2) is 73.7 Å². The third-order valence-electron chi connectivity index (χ3n) is 8.19. The van der Waals surface area contributed by atoms with E-state index in [0.717, 1.165) is 80.1 Å². The maximum absolute atomic E-state index is 14.1. The molecule has 222 valence electrons. The molecule has 0 atom stereocenters. The molecule has 3 aromatic rings. The van der Waals surface area contributed by atoms with Crippen LogP contribution >= 0.6 is 11.3 Å². The third kappa shape index (κ3) is 5.24. The Kier molecular flexibility index (Phi) is 6.70. The molecule has 0 radical (unpaired) electrons. The van der Waals surface area contributed by atoms with Crippen molar-refractivity contribution < 1.29 is 26.4 Å². The van der Waals surface area contributed by atoms with Crippen molar-refractivity contribution in [3.05, 3.63) is 46.5 Å². The van der Waals surface area contributed by atoms with Crippen LogP contribution in [0.25, 0.3) is 10.6 Å². The number of hydrogen-bond donors (Lipinski definition) is 2. The number of carbonyl (C=O) groups excluding carboxylic acids is 1. The van der Waals surface area contributed by atoms with Crippen LogP contribution in [0.5, 0.6) is 0 Å². The summed E-state index contributed by atoms with van der Waals surface area (Å²) in [7, 11) is -3.87. The number of rotatable bonds is 6. The number of thiophene rings is 1. The normalized spacial score (nSPS) is 20.8. The molecule has 42 heavy (non-hydrogen) atoms. The van der Waals surface area contributed by atoms with Gasteiger partial charge in [-0.2, -0.15) is 13.2 Å². The molecule has 7 rings (SSSR count). The van der Waals surface area contributed by atoms with E-state index in [4.69, 9.17) is 0 Å². The first kappa shape index (κ1) is 27.6. The second kappa shape index (κ2) is 10.2. The quantitative estimate of drug-likeness (QED) is 0.412. The summed E-state index contributed by atoms with van der Waals surface area (Å²) >= 11 is 0.743. The van der Waals surface area contributed by atoms with Crippen molar-refractivity contribution in [1.29, 1.82) is 0 Å². The number of nitrogens with one attached hydrogen (secondary N) is 2. The van der Waals surface area contributed by atoms with Gasteiger partial charge in [0, 0.05) is 56.3 Å². The van der Waals surface area contributed by atoms with Gasteiger partial charge in [-0.3, -0.25) is 4.79 Å². The van der Waals surface area contributed by atoms with Crippen molar-refractivity contribution in [3.63, 3.8) is 0 Å². The van der Waals surface area contributed by atoms with Crippen LogP contribution in [0.3, 0.4) is 0 Å². The number of aromatic nitrogens is 2. The highest BCUT2D eigenvalue weighted by molar-refractivity contribution is 7.91. The summed E-state index contributed by atoms with van der Waals surface area (Å²) in [6.07, 6.45) is -0.439. The maximum Gasteiger partial charge on any atom is 0.420 e. The number of fused-ring (bicyclic) bond motifs is 1. The molecule has 4 aliphatic rings. The minimum absolute atomic E-state index is 0.0246. The van der Waals surface area contributed by atoms with Gasteiger partial charge in [0.25, 0.3) is 5.91 Å². The zero-order valence-electron chi connectivity index (χ0n) is 22.6. The van der Waals surface area contributed by atoms with E-state index in [9.17, 15) is 26.4 Å². The van der Waals surface area contributed by atoms with Gasteiger partial charge in [0.15, 0.2) is 9.84 Å². The number of halogens is 3. The van der Waals surface area contributed by atoms with Gasteiger partial charge in [0.1, 0.15) is 10.4 Å². The molecule has 4 heterocycles. The largest absolute Gasteiger partial charge is 0.420 e. The Hall–Kier alpha value is -3.23. The van der Waals surface area contributed by atoms with Crippen molar-refractivity contribution in [2.24, 2.45) is 0 Å². The van der Waals surface area contributed by atoms with Gasteiger partial charge in [-0.15, -0.1) is 11.3 Å². The number of amides is 1. The molecule has 2 aliphatic carbocycles. The summed E-state index contributed by atoms with van der Waals surface area (Å²) in [6, 6.07) is 7.18. The van der Waals surface area contributed by atoms with Crippen LogP contribution in [0, 0.1) is 0 Å². The third-order valence-corrected chi connectivity index (χ3v) is 11.2. The van der Waals surface area contributed by atoms with Gasteiger partial charge in [0.05, 0.1) is 21.2 Å². The molecule has 1 saturated heterocycles. The van der Waals surface area contributed by atoms with E-state index in [1.807, 2.05) is 12.1 Å². The Morgan fingerprint density at radius 2 is 1.81 bits per heavy atom. The molecule has 9 nitrogen and oxygen atoms in total. The summed E-state index contributed by atoms with van der Waals surface area (Å²) in [6.45, 7) is 3.67. The second-order valence-electron chi connectivity index (χ2n) is 11.2. The standard InChI is InChI=1S/C28H29F3N6O3S2/c29-28(30,31)20-15-33-27(34-21-6-5-18(13-19(21)16-1-2-16)36-9-7-32-8-10-36)35-24(20)22-14-23-25(41-22)26(38)37(17-3-4-17)11-12-42(23,39)40/h5-6,13-17,32H,1-4,7-12H2,(H,33,34,35). The van der Waals surface area contributed by atoms with Gasteiger partial charge in [-0.25, -0.2) is 18.4 Å². The highest BCUT2D eigenvalue weighted by Gasteiger charge is 2.42. The zero-order chi connectivity index (χ0) is 29.2. The Balaban J connectivity index is 1.26. The molecule has 14 heteroatoms. The molecule has 1 aromatic carbocycles. The van der Waals surface area contributed by atoms with E-state index in [1.165, 1.54) is 11.0 Å². The van der Waals surface area contributed by atoms with E-state index < -0.39 is 33.2 Å². The highest BCUT2D eigenvalue weighted by Crippen LogP contribution is 2.46. The lowest BCUT2D eigenvalue weighted by atomic mass is 10.1. The summed E-state index contributed by atoms with van der Waals surface area (Å²) in [5, 5.41) is 6.47. The fraction of sp³-hybridized carbons (Fsp3) is 0.464. The maximum atomic E-state index is 14.1. The molecule has 2 saturated carbocycles. The molecular weight excluding hydrogens is 589 g/mol. The van der Waals surface area contributed by atoms with Crippen molar-refractivity contribution >= 4 is 44.4 Å². The first-order valence-corrected chi connectivity index (χ1v) is 16.5. The van der Waals surface area contributed by atoms with E-state index in [-0.39, 0.29) is 38.9 Å². The van der Waals surface area contributed by atoms with Crippen LogP contribution in [0.15, 0.2) is 35.4 Å². The van der Waals surface area contributed by atoms with E-state index in [2.05, 4.69) is 31.6 Å². The average molecular weight is 619 g/mol. The Labute approximate surface area is 245 Å². The number of anilines is 3. The minimum atomic E-state index is -4.79. The first-order chi connectivity index (χ1) is 20.1. The first-order valence-electron chi connectivity index (χ1n) is 14.1. The van der Waals surface area contributed by atoms with Crippen molar-refractivity contribution in [1.82, 2.24) is 20.2 Å². The van der Waals surface area contributed by atoms with Gasteiger partial charge in [-0.05, 0) is 61.4 Å². The monoisotopic (exact) mass is 618 g/mol. The molecule has 2 aromatic heterocycles. The van der Waals surface area contributed by atoms with Crippen LogP contribution in [-0.2, 0) is 16.0 Å². The average Bonchev–Trinajstić information content (AvgIpc) is 3.91. The van der Waals surface area contributed by atoms with Crippen molar-refractivity contribution in [3.8, 4) is 10.6 Å². The lowest BCUT2D eigenvalue weighted by Gasteiger charge is -2.30.